The maximum atomic E-state index is 11.9. The fourth-order valence-electron chi connectivity index (χ4n) is 1.92. The summed E-state index contributed by atoms with van der Waals surface area (Å²) in [6.45, 7) is 1.52. The summed E-state index contributed by atoms with van der Waals surface area (Å²) in [4.78, 5) is 24.3. The third-order valence-electron chi connectivity index (χ3n) is 3.08. The van der Waals surface area contributed by atoms with Crippen LogP contribution in [0.1, 0.15) is 19.3 Å². The number of amides is 1. The highest BCUT2D eigenvalue weighted by atomic mass is 16.5. The molecule has 0 aromatic carbocycles. The molecule has 2 fully saturated rings. The van der Waals surface area contributed by atoms with Gasteiger partial charge in [-0.3, -0.25) is 4.79 Å². The van der Waals surface area contributed by atoms with Crippen LogP contribution in [-0.4, -0.2) is 60.3 Å². The lowest BCUT2D eigenvalue weighted by Crippen LogP contribution is -2.53. The van der Waals surface area contributed by atoms with Crippen molar-refractivity contribution in [1.29, 1.82) is 0 Å². The molecule has 2 N–H and O–H groups in total. The van der Waals surface area contributed by atoms with Crippen LogP contribution in [0.5, 0.6) is 0 Å². The number of aliphatic carboxylic acids is 1. The molecule has 0 spiro atoms. The largest absolute Gasteiger partial charge is 0.480 e. The van der Waals surface area contributed by atoms with Gasteiger partial charge in [-0.1, -0.05) is 0 Å². The predicted octanol–water partition coefficient (Wildman–Crippen LogP) is -0.559. The van der Waals surface area contributed by atoms with Crippen LogP contribution in [0.4, 0.5) is 0 Å². The van der Waals surface area contributed by atoms with Gasteiger partial charge in [-0.05, 0) is 12.8 Å². The first-order valence-corrected chi connectivity index (χ1v) is 6.02. The summed E-state index contributed by atoms with van der Waals surface area (Å²) >= 11 is 0. The van der Waals surface area contributed by atoms with Crippen molar-refractivity contribution in [2.24, 2.45) is 0 Å². The summed E-state index contributed by atoms with van der Waals surface area (Å²) in [6.07, 6.45) is 2.73. The third kappa shape index (κ3) is 3.41. The van der Waals surface area contributed by atoms with Crippen molar-refractivity contribution < 1.29 is 19.4 Å². The molecule has 0 bridgehead atoms. The van der Waals surface area contributed by atoms with Gasteiger partial charge in [0.05, 0.1) is 13.2 Å². The van der Waals surface area contributed by atoms with E-state index in [1.54, 1.807) is 0 Å². The summed E-state index contributed by atoms with van der Waals surface area (Å²) in [5.41, 5.74) is 0. The molecule has 6 nitrogen and oxygen atoms in total. The molecular weight excluding hydrogens is 224 g/mol. The fraction of sp³-hybridized carbons (Fsp3) is 0.818. The lowest BCUT2D eigenvalue weighted by Gasteiger charge is -2.32. The number of carboxylic acid groups (broad SMARTS) is 1. The number of carboxylic acids is 1. The lowest BCUT2D eigenvalue weighted by molar-refractivity contribution is -0.158. The summed E-state index contributed by atoms with van der Waals surface area (Å²) in [5.74, 6) is -1.10. The van der Waals surface area contributed by atoms with Gasteiger partial charge in [-0.15, -0.1) is 0 Å². The summed E-state index contributed by atoms with van der Waals surface area (Å²) in [6, 6.07) is -0.250. The first-order chi connectivity index (χ1) is 8.18. The van der Waals surface area contributed by atoms with Crippen LogP contribution in [0.3, 0.4) is 0 Å². The van der Waals surface area contributed by atoms with E-state index in [0.717, 1.165) is 0 Å². The smallest absolute Gasteiger partial charge is 0.328 e. The molecule has 1 amide bonds. The van der Waals surface area contributed by atoms with Crippen LogP contribution in [0.2, 0.25) is 0 Å². The average molecular weight is 242 g/mol. The number of morpholine rings is 1. The monoisotopic (exact) mass is 242 g/mol. The SMILES string of the molecule is O=C(O)C1COCCN1C(=O)CCNC1CC1. The Labute approximate surface area is 99.9 Å². The molecule has 1 heterocycles. The Hall–Kier alpha value is -1.14. The van der Waals surface area contributed by atoms with E-state index in [1.165, 1.54) is 17.7 Å². The predicted molar refractivity (Wildman–Crippen MR) is 59.6 cm³/mol. The minimum atomic E-state index is -0.992. The molecule has 2 rings (SSSR count). The van der Waals surface area contributed by atoms with E-state index in [-0.39, 0.29) is 12.5 Å². The molecule has 0 aromatic rings. The summed E-state index contributed by atoms with van der Waals surface area (Å²) in [5, 5.41) is 12.2. The zero-order valence-corrected chi connectivity index (χ0v) is 9.72. The Kier molecular flexibility index (Phi) is 3.96. The minimum Gasteiger partial charge on any atom is -0.480 e. The first kappa shape index (κ1) is 12.3. The van der Waals surface area contributed by atoms with Gasteiger partial charge in [-0.25, -0.2) is 4.79 Å². The Morgan fingerprint density at radius 1 is 1.41 bits per heavy atom. The van der Waals surface area contributed by atoms with Gasteiger partial charge in [0.15, 0.2) is 6.04 Å². The number of rotatable bonds is 5. The van der Waals surface area contributed by atoms with Crippen molar-refractivity contribution in [1.82, 2.24) is 10.2 Å². The number of nitrogens with one attached hydrogen (secondary N) is 1. The topological polar surface area (TPSA) is 78.9 Å². The second-order valence-corrected chi connectivity index (χ2v) is 4.49. The molecule has 96 valence electrons. The van der Waals surface area contributed by atoms with Crippen LogP contribution in [0.25, 0.3) is 0 Å². The molecule has 1 aliphatic heterocycles. The van der Waals surface area contributed by atoms with Crippen molar-refractivity contribution >= 4 is 11.9 Å². The average Bonchev–Trinajstić information content (AvgIpc) is 3.13. The highest BCUT2D eigenvalue weighted by Gasteiger charge is 2.32. The standard InChI is InChI=1S/C11H18N2O4/c14-10(3-4-12-8-1-2-8)13-5-6-17-7-9(13)11(15)16/h8-9,12H,1-7H2,(H,15,16). The highest BCUT2D eigenvalue weighted by molar-refractivity contribution is 5.84. The number of nitrogens with zero attached hydrogens (tertiary/aromatic N) is 1. The molecule has 1 saturated carbocycles. The molecule has 17 heavy (non-hydrogen) atoms. The Morgan fingerprint density at radius 3 is 2.82 bits per heavy atom. The molecular formula is C11H18N2O4. The molecule has 1 atom stereocenters. The third-order valence-corrected chi connectivity index (χ3v) is 3.08. The van der Waals surface area contributed by atoms with Gasteiger partial charge in [0.2, 0.25) is 5.91 Å². The molecule has 2 aliphatic rings. The zero-order chi connectivity index (χ0) is 12.3. The van der Waals surface area contributed by atoms with Crippen molar-refractivity contribution in [3.8, 4) is 0 Å². The number of carbonyl (C=O) groups excluding carboxylic acids is 1. The Bertz CT molecular complexity index is 304. The van der Waals surface area contributed by atoms with Crippen molar-refractivity contribution in [2.75, 3.05) is 26.3 Å². The number of hydrogen-bond acceptors (Lipinski definition) is 4. The van der Waals surface area contributed by atoms with Gasteiger partial charge in [0.1, 0.15) is 0 Å². The van der Waals surface area contributed by atoms with Gasteiger partial charge in [-0.2, -0.15) is 0 Å². The maximum Gasteiger partial charge on any atom is 0.328 e. The Morgan fingerprint density at radius 2 is 2.18 bits per heavy atom. The van der Waals surface area contributed by atoms with Crippen molar-refractivity contribution in [3.05, 3.63) is 0 Å². The molecule has 0 radical (unpaired) electrons. The number of carbonyl (C=O) groups is 2. The van der Waals surface area contributed by atoms with Crippen molar-refractivity contribution in [2.45, 2.75) is 31.3 Å². The van der Waals surface area contributed by atoms with E-state index in [2.05, 4.69) is 5.32 Å². The van der Waals surface area contributed by atoms with Gasteiger partial charge >= 0.3 is 5.97 Å². The Balaban J connectivity index is 1.79. The highest BCUT2D eigenvalue weighted by Crippen LogP contribution is 2.18. The molecule has 1 saturated heterocycles. The second kappa shape index (κ2) is 5.46. The molecule has 6 heteroatoms. The van der Waals surface area contributed by atoms with E-state index < -0.39 is 12.0 Å². The second-order valence-electron chi connectivity index (χ2n) is 4.49. The number of ether oxygens (including phenoxy) is 1. The van der Waals surface area contributed by atoms with Crippen LogP contribution in [0, 0.1) is 0 Å². The fourth-order valence-corrected chi connectivity index (χ4v) is 1.92. The first-order valence-electron chi connectivity index (χ1n) is 6.02. The summed E-state index contributed by atoms with van der Waals surface area (Å²) < 4.78 is 5.09. The van der Waals surface area contributed by atoms with E-state index >= 15 is 0 Å². The minimum absolute atomic E-state index is 0.0944. The maximum absolute atomic E-state index is 11.9. The molecule has 1 aliphatic carbocycles. The zero-order valence-electron chi connectivity index (χ0n) is 9.72. The van der Waals surface area contributed by atoms with Gasteiger partial charge in [0, 0.05) is 25.6 Å². The van der Waals surface area contributed by atoms with E-state index in [1.807, 2.05) is 0 Å². The molecule has 1 unspecified atom stereocenters. The van der Waals surface area contributed by atoms with Crippen molar-refractivity contribution in [3.63, 3.8) is 0 Å². The lowest BCUT2D eigenvalue weighted by atomic mass is 10.2. The van der Waals surface area contributed by atoms with Crippen LogP contribution in [-0.2, 0) is 14.3 Å². The number of hydrogen-bond donors (Lipinski definition) is 2. The van der Waals surface area contributed by atoms with Gasteiger partial charge in [0.25, 0.3) is 0 Å². The quantitative estimate of drug-likeness (QED) is 0.675. The van der Waals surface area contributed by atoms with Crippen LogP contribution >= 0.6 is 0 Å². The van der Waals surface area contributed by atoms with E-state index in [0.29, 0.717) is 32.2 Å². The normalized spacial score (nSPS) is 24.7. The van der Waals surface area contributed by atoms with Gasteiger partial charge < -0.3 is 20.1 Å². The van der Waals surface area contributed by atoms with Crippen LogP contribution in [0.15, 0.2) is 0 Å². The molecule has 0 aromatic heterocycles. The van der Waals surface area contributed by atoms with E-state index in [9.17, 15) is 9.59 Å². The van der Waals surface area contributed by atoms with E-state index in [4.69, 9.17) is 9.84 Å². The summed E-state index contributed by atoms with van der Waals surface area (Å²) in [7, 11) is 0. The van der Waals surface area contributed by atoms with Crippen LogP contribution < -0.4 is 5.32 Å².